The highest BCUT2D eigenvalue weighted by atomic mass is 16.2. The minimum atomic E-state index is 0.228. The lowest BCUT2D eigenvalue weighted by atomic mass is 10.1. The Bertz CT molecular complexity index is 704. The maximum atomic E-state index is 12.8. The van der Waals surface area contributed by atoms with Crippen LogP contribution in [0.1, 0.15) is 56.1 Å². The molecule has 4 nitrogen and oxygen atoms in total. The number of carbonyl (C=O) groups excluding carboxylic acids is 1. The zero-order valence-corrected chi connectivity index (χ0v) is 17.0. The first kappa shape index (κ1) is 20.2. The van der Waals surface area contributed by atoms with Gasteiger partial charge in [-0.25, -0.2) is 0 Å². The van der Waals surface area contributed by atoms with Gasteiger partial charge in [0.25, 0.3) is 0 Å². The molecule has 0 saturated heterocycles. The molecule has 0 aliphatic heterocycles. The zero-order chi connectivity index (χ0) is 19.1. The van der Waals surface area contributed by atoms with Crippen LogP contribution in [0.25, 0.3) is 0 Å². The average Bonchev–Trinajstić information content (AvgIpc) is 2.86. The second-order valence-corrected chi connectivity index (χ2v) is 7.53. The molecule has 1 aromatic carbocycles. The summed E-state index contributed by atoms with van der Waals surface area (Å²) in [7, 11) is 0. The van der Waals surface area contributed by atoms with Crippen LogP contribution in [0, 0.1) is 19.8 Å². The van der Waals surface area contributed by atoms with Gasteiger partial charge in [0.15, 0.2) is 0 Å². The predicted molar refractivity (Wildman–Crippen MR) is 107 cm³/mol. The number of aryl methyl sites for hydroxylation is 1. The van der Waals surface area contributed by atoms with Crippen molar-refractivity contribution < 1.29 is 4.79 Å². The van der Waals surface area contributed by atoms with E-state index < -0.39 is 0 Å². The van der Waals surface area contributed by atoms with Crippen LogP contribution in [-0.2, 0) is 24.3 Å². The van der Waals surface area contributed by atoms with Crippen molar-refractivity contribution in [3.05, 3.63) is 52.8 Å². The number of carbonyl (C=O) groups is 1. The zero-order valence-electron chi connectivity index (χ0n) is 17.0. The molecule has 2 aromatic rings. The van der Waals surface area contributed by atoms with Gasteiger partial charge in [-0.3, -0.25) is 9.48 Å². The van der Waals surface area contributed by atoms with E-state index >= 15 is 0 Å². The van der Waals surface area contributed by atoms with Crippen LogP contribution in [-0.4, -0.2) is 27.1 Å². The second kappa shape index (κ2) is 9.56. The van der Waals surface area contributed by atoms with Crippen LogP contribution in [0.5, 0.6) is 0 Å². The molecule has 0 N–H and O–H groups in total. The Hall–Kier alpha value is -2.10. The molecular formula is C22H33N3O. The Kier molecular flexibility index (Phi) is 7.43. The summed E-state index contributed by atoms with van der Waals surface area (Å²) >= 11 is 0. The molecule has 26 heavy (non-hydrogen) atoms. The third-order valence-electron chi connectivity index (χ3n) is 4.72. The first-order chi connectivity index (χ1) is 12.4. The van der Waals surface area contributed by atoms with Crippen LogP contribution < -0.4 is 0 Å². The summed E-state index contributed by atoms with van der Waals surface area (Å²) in [5.41, 5.74) is 4.68. The fourth-order valence-corrected chi connectivity index (χ4v) is 3.38. The van der Waals surface area contributed by atoms with E-state index in [9.17, 15) is 4.79 Å². The van der Waals surface area contributed by atoms with Crippen LogP contribution >= 0.6 is 0 Å². The largest absolute Gasteiger partial charge is 0.338 e. The fraction of sp³-hybridized carbons (Fsp3) is 0.545. The van der Waals surface area contributed by atoms with Crippen molar-refractivity contribution in [2.24, 2.45) is 5.92 Å². The van der Waals surface area contributed by atoms with Gasteiger partial charge in [0.1, 0.15) is 0 Å². The van der Waals surface area contributed by atoms with E-state index in [1.807, 2.05) is 23.1 Å². The van der Waals surface area contributed by atoms with Crippen molar-refractivity contribution in [1.82, 2.24) is 14.7 Å². The van der Waals surface area contributed by atoms with E-state index in [1.54, 1.807) is 0 Å². The average molecular weight is 356 g/mol. The third kappa shape index (κ3) is 5.45. The van der Waals surface area contributed by atoms with Crippen molar-refractivity contribution in [2.75, 3.05) is 6.54 Å². The molecule has 2 rings (SSSR count). The van der Waals surface area contributed by atoms with E-state index in [0.29, 0.717) is 18.9 Å². The van der Waals surface area contributed by atoms with E-state index in [4.69, 9.17) is 0 Å². The van der Waals surface area contributed by atoms with Crippen LogP contribution in [0.15, 0.2) is 30.3 Å². The number of nitrogens with zero attached hydrogens (tertiary/aromatic N) is 3. The Morgan fingerprint density at radius 3 is 2.50 bits per heavy atom. The number of benzene rings is 1. The lowest BCUT2D eigenvalue weighted by molar-refractivity contribution is -0.131. The summed E-state index contributed by atoms with van der Waals surface area (Å²) in [6.45, 7) is 13.1. The van der Waals surface area contributed by atoms with Crippen molar-refractivity contribution in [2.45, 2.75) is 67.0 Å². The van der Waals surface area contributed by atoms with Crippen molar-refractivity contribution in [3.8, 4) is 0 Å². The minimum absolute atomic E-state index is 0.228. The molecule has 1 heterocycles. The Balaban J connectivity index is 2.02. The van der Waals surface area contributed by atoms with Crippen molar-refractivity contribution in [1.29, 1.82) is 0 Å². The van der Waals surface area contributed by atoms with Gasteiger partial charge < -0.3 is 4.90 Å². The summed E-state index contributed by atoms with van der Waals surface area (Å²) < 4.78 is 2.09. The molecule has 0 radical (unpaired) electrons. The van der Waals surface area contributed by atoms with E-state index in [1.165, 1.54) is 16.8 Å². The predicted octanol–water partition coefficient (Wildman–Crippen LogP) is 4.53. The maximum Gasteiger partial charge on any atom is 0.223 e. The fourth-order valence-electron chi connectivity index (χ4n) is 3.38. The third-order valence-corrected chi connectivity index (χ3v) is 4.72. The number of hydrogen-bond acceptors (Lipinski definition) is 2. The molecule has 1 aromatic heterocycles. The first-order valence-corrected chi connectivity index (χ1v) is 9.77. The van der Waals surface area contributed by atoms with Gasteiger partial charge in [-0.1, -0.05) is 51.1 Å². The molecule has 0 atom stereocenters. The van der Waals surface area contributed by atoms with Crippen LogP contribution in [0.4, 0.5) is 0 Å². The lowest BCUT2D eigenvalue weighted by Crippen LogP contribution is -2.31. The summed E-state index contributed by atoms with van der Waals surface area (Å²) in [6.07, 6.45) is 2.29. The molecule has 1 amide bonds. The molecule has 0 aliphatic carbocycles. The molecular weight excluding hydrogens is 322 g/mol. The SMILES string of the molecule is CCCN(Cc1ccccc1)C(=O)CCc1c(C)nn(CC(C)C)c1C. The Morgan fingerprint density at radius 2 is 1.88 bits per heavy atom. The monoisotopic (exact) mass is 355 g/mol. The smallest absolute Gasteiger partial charge is 0.223 e. The molecule has 0 spiro atoms. The number of rotatable bonds is 9. The normalized spacial score (nSPS) is 11.2. The maximum absolute atomic E-state index is 12.8. The summed E-state index contributed by atoms with van der Waals surface area (Å²) in [6, 6.07) is 10.2. The topological polar surface area (TPSA) is 38.1 Å². The van der Waals surface area contributed by atoms with Gasteiger partial charge in [-0.2, -0.15) is 5.10 Å². The second-order valence-electron chi connectivity index (χ2n) is 7.53. The molecule has 0 saturated carbocycles. The number of hydrogen-bond donors (Lipinski definition) is 0. The van der Waals surface area contributed by atoms with Gasteiger partial charge >= 0.3 is 0 Å². The first-order valence-electron chi connectivity index (χ1n) is 9.77. The lowest BCUT2D eigenvalue weighted by Gasteiger charge is -2.22. The molecule has 0 unspecified atom stereocenters. The van der Waals surface area contributed by atoms with E-state index in [-0.39, 0.29) is 5.91 Å². The highest BCUT2D eigenvalue weighted by Crippen LogP contribution is 2.17. The van der Waals surface area contributed by atoms with Gasteiger partial charge in [0.2, 0.25) is 5.91 Å². The Labute approximate surface area is 158 Å². The highest BCUT2D eigenvalue weighted by Gasteiger charge is 2.17. The molecule has 0 bridgehead atoms. The molecule has 142 valence electrons. The van der Waals surface area contributed by atoms with Crippen LogP contribution in [0.3, 0.4) is 0 Å². The van der Waals surface area contributed by atoms with Crippen molar-refractivity contribution in [3.63, 3.8) is 0 Å². The van der Waals surface area contributed by atoms with Gasteiger partial charge in [0, 0.05) is 31.7 Å². The standard InChI is InChI=1S/C22H33N3O/c1-6-14-24(16-20-10-8-7-9-11-20)22(26)13-12-21-18(4)23-25(19(21)5)15-17(2)3/h7-11,17H,6,12-16H2,1-5H3. The van der Waals surface area contributed by atoms with Crippen molar-refractivity contribution >= 4 is 5.91 Å². The molecule has 0 aliphatic rings. The van der Waals surface area contributed by atoms with E-state index in [0.717, 1.165) is 31.6 Å². The van der Waals surface area contributed by atoms with E-state index in [2.05, 4.69) is 56.5 Å². The minimum Gasteiger partial charge on any atom is -0.338 e. The van der Waals surface area contributed by atoms with Gasteiger partial charge in [-0.05, 0) is 43.7 Å². The molecule has 4 heteroatoms. The summed E-state index contributed by atoms with van der Waals surface area (Å²) in [5.74, 6) is 0.791. The number of aromatic nitrogens is 2. The van der Waals surface area contributed by atoms with Gasteiger partial charge in [0.05, 0.1) is 5.69 Å². The molecule has 0 fully saturated rings. The summed E-state index contributed by atoms with van der Waals surface area (Å²) in [5, 5.41) is 4.67. The van der Waals surface area contributed by atoms with Crippen LogP contribution in [0.2, 0.25) is 0 Å². The quantitative estimate of drug-likeness (QED) is 0.663. The van der Waals surface area contributed by atoms with Gasteiger partial charge in [-0.15, -0.1) is 0 Å². The highest BCUT2D eigenvalue weighted by molar-refractivity contribution is 5.76. The Morgan fingerprint density at radius 1 is 1.19 bits per heavy atom. The summed E-state index contributed by atoms with van der Waals surface area (Å²) in [4.78, 5) is 14.8. The number of amides is 1.